The van der Waals surface area contributed by atoms with E-state index in [1.807, 2.05) is 0 Å². The lowest BCUT2D eigenvalue weighted by Gasteiger charge is -2.22. The topological polar surface area (TPSA) is 9.23 Å². The zero-order chi connectivity index (χ0) is 12.7. The molecule has 0 spiro atoms. The number of benzene rings is 2. The highest BCUT2D eigenvalue weighted by Gasteiger charge is 2.18. The minimum atomic E-state index is 0.960. The van der Waals surface area contributed by atoms with E-state index in [-0.39, 0.29) is 0 Å². The van der Waals surface area contributed by atoms with Gasteiger partial charge in [0.25, 0.3) is 0 Å². The number of ether oxygens (including phenoxy) is 1. The van der Waals surface area contributed by atoms with E-state index < -0.39 is 0 Å². The summed E-state index contributed by atoms with van der Waals surface area (Å²) in [6.45, 7) is 4.39. The number of hydrogen-bond acceptors (Lipinski definition) is 1. The van der Waals surface area contributed by atoms with Crippen molar-refractivity contribution >= 4 is 0 Å². The lowest BCUT2D eigenvalue weighted by atomic mass is 9.82. The Morgan fingerprint density at radius 2 is 1.78 bits per heavy atom. The zero-order valence-electron chi connectivity index (χ0n) is 11.2. The Bertz CT molecular complexity index is 611. The van der Waals surface area contributed by atoms with Crippen LogP contribution in [0.5, 0.6) is 5.75 Å². The molecule has 0 aliphatic heterocycles. The van der Waals surface area contributed by atoms with Crippen LogP contribution in [-0.4, -0.2) is 7.11 Å². The van der Waals surface area contributed by atoms with Crippen LogP contribution >= 0.6 is 0 Å². The molecule has 1 heteroatoms. The van der Waals surface area contributed by atoms with Gasteiger partial charge in [-0.3, -0.25) is 0 Å². The molecule has 0 bridgehead atoms. The Morgan fingerprint density at radius 3 is 2.56 bits per heavy atom. The largest absolute Gasteiger partial charge is 0.497 e. The van der Waals surface area contributed by atoms with Crippen molar-refractivity contribution in [3.05, 3.63) is 52.6 Å². The van der Waals surface area contributed by atoms with Gasteiger partial charge in [0.05, 0.1) is 7.11 Å². The van der Waals surface area contributed by atoms with Crippen molar-refractivity contribution in [1.82, 2.24) is 0 Å². The first kappa shape index (κ1) is 11.3. The van der Waals surface area contributed by atoms with Gasteiger partial charge in [-0.25, -0.2) is 0 Å². The quantitative estimate of drug-likeness (QED) is 0.727. The molecule has 18 heavy (non-hydrogen) atoms. The molecule has 0 fully saturated rings. The van der Waals surface area contributed by atoms with E-state index in [9.17, 15) is 0 Å². The number of methoxy groups -OCH3 is 1. The van der Waals surface area contributed by atoms with Crippen molar-refractivity contribution in [2.24, 2.45) is 0 Å². The van der Waals surface area contributed by atoms with E-state index in [4.69, 9.17) is 4.74 Å². The maximum Gasteiger partial charge on any atom is 0.119 e. The van der Waals surface area contributed by atoms with Crippen LogP contribution in [0.1, 0.15) is 22.3 Å². The highest BCUT2D eigenvalue weighted by atomic mass is 16.5. The van der Waals surface area contributed by atoms with Crippen LogP contribution in [0.25, 0.3) is 11.1 Å². The van der Waals surface area contributed by atoms with E-state index >= 15 is 0 Å². The molecule has 0 radical (unpaired) electrons. The second-order valence-corrected chi connectivity index (χ2v) is 5.13. The third-order valence-corrected chi connectivity index (χ3v) is 3.86. The molecule has 1 nitrogen and oxygen atoms in total. The normalized spacial score (nSPS) is 12.8. The van der Waals surface area contributed by atoms with E-state index in [0.717, 1.165) is 18.6 Å². The fourth-order valence-corrected chi connectivity index (χ4v) is 3.00. The lowest BCUT2D eigenvalue weighted by Crippen LogP contribution is -2.06. The third-order valence-electron chi connectivity index (χ3n) is 3.86. The molecule has 1 aliphatic rings. The summed E-state index contributed by atoms with van der Waals surface area (Å²) in [5, 5.41) is 0. The minimum absolute atomic E-state index is 0.960. The molecule has 0 aromatic heterocycles. The predicted molar refractivity (Wildman–Crippen MR) is 75.3 cm³/mol. The van der Waals surface area contributed by atoms with Gasteiger partial charge in [-0.2, -0.15) is 0 Å². The van der Waals surface area contributed by atoms with Crippen molar-refractivity contribution in [3.63, 3.8) is 0 Å². The van der Waals surface area contributed by atoms with Gasteiger partial charge in [0.15, 0.2) is 0 Å². The van der Waals surface area contributed by atoms with Gasteiger partial charge in [-0.1, -0.05) is 23.8 Å². The van der Waals surface area contributed by atoms with Gasteiger partial charge >= 0.3 is 0 Å². The van der Waals surface area contributed by atoms with Gasteiger partial charge in [0, 0.05) is 0 Å². The first-order valence-corrected chi connectivity index (χ1v) is 6.46. The molecule has 0 saturated heterocycles. The second kappa shape index (κ2) is 4.16. The van der Waals surface area contributed by atoms with Gasteiger partial charge in [0.1, 0.15) is 5.75 Å². The molecule has 0 saturated carbocycles. The van der Waals surface area contributed by atoms with Crippen LogP contribution in [-0.2, 0) is 12.8 Å². The fraction of sp³-hybridized carbons (Fsp3) is 0.294. The number of rotatable bonds is 1. The van der Waals surface area contributed by atoms with E-state index in [1.54, 1.807) is 7.11 Å². The van der Waals surface area contributed by atoms with E-state index in [1.165, 1.54) is 33.4 Å². The molecule has 0 unspecified atom stereocenters. The smallest absolute Gasteiger partial charge is 0.119 e. The Kier molecular flexibility index (Phi) is 2.62. The summed E-state index contributed by atoms with van der Waals surface area (Å²) in [4.78, 5) is 0. The average Bonchev–Trinajstić information content (AvgIpc) is 2.37. The maximum atomic E-state index is 5.32. The van der Waals surface area contributed by atoms with Crippen LogP contribution in [0.2, 0.25) is 0 Å². The molecule has 0 atom stereocenters. The van der Waals surface area contributed by atoms with Crippen molar-refractivity contribution in [2.45, 2.75) is 26.7 Å². The second-order valence-electron chi connectivity index (χ2n) is 5.13. The lowest BCUT2D eigenvalue weighted by molar-refractivity contribution is 0.414. The van der Waals surface area contributed by atoms with Crippen LogP contribution < -0.4 is 4.74 Å². The Hall–Kier alpha value is -1.76. The first-order valence-electron chi connectivity index (χ1n) is 6.46. The molecule has 3 rings (SSSR count). The third kappa shape index (κ3) is 1.71. The van der Waals surface area contributed by atoms with Crippen LogP contribution in [0.15, 0.2) is 30.3 Å². The Balaban J connectivity index is 2.22. The highest BCUT2D eigenvalue weighted by molar-refractivity contribution is 5.75. The molecule has 2 aromatic rings. The molecular formula is C17H18O. The number of aryl methyl sites for hydroxylation is 3. The summed E-state index contributed by atoms with van der Waals surface area (Å²) in [6, 6.07) is 11.0. The van der Waals surface area contributed by atoms with E-state index in [0.29, 0.717) is 0 Å². The van der Waals surface area contributed by atoms with Crippen molar-refractivity contribution in [1.29, 1.82) is 0 Å². The van der Waals surface area contributed by atoms with Crippen LogP contribution in [0.4, 0.5) is 0 Å². The summed E-state index contributed by atoms with van der Waals surface area (Å²) in [7, 11) is 1.73. The predicted octanol–water partition coefficient (Wildman–Crippen LogP) is 4.08. The summed E-state index contributed by atoms with van der Waals surface area (Å²) >= 11 is 0. The first-order chi connectivity index (χ1) is 8.69. The monoisotopic (exact) mass is 238 g/mol. The Morgan fingerprint density at radius 1 is 0.944 bits per heavy atom. The molecular weight excluding hydrogens is 220 g/mol. The summed E-state index contributed by atoms with van der Waals surface area (Å²) in [6.07, 6.45) is 2.26. The molecule has 0 amide bonds. The zero-order valence-corrected chi connectivity index (χ0v) is 11.2. The summed E-state index contributed by atoms with van der Waals surface area (Å²) < 4.78 is 5.32. The van der Waals surface area contributed by atoms with Gasteiger partial charge in [0.2, 0.25) is 0 Å². The number of hydrogen-bond donors (Lipinski definition) is 0. The van der Waals surface area contributed by atoms with Crippen molar-refractivity contribution in [3.8, 4) is 16.9 Å². The molecule has 0 heterocycles. The van der Waals surface area contributed by atoms with Crippen LogP contribution in [0, 0.1) is 13.8 Å². The molecule has 0 N–H and O–H groups in total. The number of fused-ring (bicyclic) bond motifs is 3. The maximum absolute atomic E-state index is 5.32. The Labute approximate surface area is 108 Å². The molecule has 2 aromatic carbocycles. The molecule has 1 aliphatic carbocycles. The van der Waals surface area contributed by atoms with Gasteiger partial charge in [-0.05, 0) is 66.6 Å². The SMILES string of the molecule is COc1ccc2c(c1)CCc1c(C)cc(C)cc1-2. The van der Waals surface area contributed by atoms with Crippen molar-refractivity contribution in [2.75, 3.05) is 7.11 Å². The summed E-state index contributed by atoms with van der Waals surface area (Å²) in [5.41, 5.74) is 8.48. The standard InChI is InChI=1S/C17H18O/c1-11-8-12(2)15-6-4-13-10-14(18-3)5-7-16(13)17(15)9-11/h5,7-10H,4,6H2,1-3H3. The van der Waals surface area contributed by atoms with Gasteiger partial charge in [-0.15, -0.1) is 0 Å². The van der Waals surface area contributed by atoms with Crippen molar-refractivity contribution < 1.29 is 4.74 Å². The molecule has 92 valence electrons. The summed E-state index contributed by atoms with van der Waals surface area (Å²) in [5.74, 6) is 0.960. The average molecular weight is 238 g/mol. The van der Waals surface area contributed by atoms with Crippen LogP contribution in [0.3, 0.4) is 0 Å². The van der Waals surface area contributed by atoms with Gasteiger partial charge < -0.3 is 4.74 Å². The van der Waals surface area contributed by atoms with E-state index in [2.05, 4.69) is 44.2 Å². The highest BCUT2D eigenvalue weighted by Crippen LogP contribution is 2.37. The fourth-order valence-electron chi connectivity index (χ4n) is 3.00. The minimum Gasteiger partial charge on any atom is -0.497 e.